The van der Waals surface area contributed by atoms with Crippen molar-refractivity contribution in [3.63, 3.8) is 0 Å². The number of nitrogens with one attached hydrogen (secondary N) is 1. The molecule has 18 heavy (non-hydrogen) atoms. The van der Waals surface area contributed by atoms with Crippen LogP contribution in [0, 0.1) is 0 Å². The van der Waals surface area contributed by atoms with Crippen molar-refractivity contribution in [2.75, 3.05) is 6.61 Å². The van der Waals surface area contributed by atoms with Gasteiger partial charge in [-0.3, -0.25) is 0 Å². The van der Waals surface area contributed by atoms with E-state index in [0.717, 1.165) is 31.0 Å². The molecule has 0 atom stereocenters. The number of ether oxygens (including phenoxy) is 1. The molecular formula is C14H18N2O2. The van der Waals surface area contributed by atoms with E-state index in [9.17, 15) is 0 Å². The fourth-order valence-electron chi connectivity index (χ4n) is 1.63. The maximum absolute atomic E-state index is 5.59. The van der Waals surface area contributed by atoms with Crippen LogP contribution < -0.4 is 10.1 Å². The minimum Gasteiger partial charge on any atom is -0.494 e. The van der Waals surface area contributed by atoms with E-state index in [2.05, 4.69) is 29.5 Å². The Bertz CT molecular complexity index is 455. The number of nitrogens with zero attached hydrogens (tertiary/aromatic N) is 1. The second kappa shape index (κ2) is 6.81. The molecular weight excluding hydrogens is 228 g/mol. The first-order chi connectivity index (χ1) is 8.88. The van der Waals surface area contributed by atoms with Crippen LogP contribution in [0.3, 0.4) is 0 Å². The first kappa shape index (κ1) is 12.6. The second-order valence-corrected chi connectivity index (χ2v) is 4.09. The lowest BCUT2D eigenvalue weighted by molar-refractivity contribution is 0.317. The van der Waals surface area contributed by atoms with Gasteiger partial charge in [0, 0.05) is 19.2 Å². The van der Waals surface area contributed by atoms with E-state index in [1.165, 1.54) is 5.56 Å². The van der Waals surface area contributed by atoms with Gasteiger partial charge in [-0.2, -0.15) is 0 Å². The summed E-state index contributed by atoms with van der Waals surface area (Å²) in [5.41, 5.74) is 2.11. The van der Waals surface area contributed by atoms with Crippen molar-refractivity contribution in [1.29, 1.82) is 0 Å². The summed E-state index contributed by atoms with van der Waals surface area (Å²) in [6, 6.07) is 9.99. The van der Waals surface area contributed by atoms with Crippen LogP contribution in [0.15, 0.2) is 41.1 Å². The van der Waals surface area contributed by atoms with E-state index >= 15 is 0 Å². The summed E-state index contributed by atoms with van der Waals surface area (Å²) in [4.78, 5) is 0. The summed E-state index contributed by atoms with van der Waals surface area (Å²) < 4.78 is 10.4. The fraction of sp³-hybridized carbons (Fsp3) is 0.357. The van der Waals surface area contributed by atoms with Crippen molar-refractivity contribution in [2.45, 2.75) is 26.4 Å². The van der Waals surface area contributed by atoms with Crippen LogP contribution in [0.4, 0.5) is 0 Å². The largest absolute Gasteiger partial charge is 0.494 e. The molecule has 0 aliphatic heterocycles. The highest BCUT2D eigenvalue weighted by Crippen LogP contribution is 2.13. The summed E-state index contributed by atoms with van der Waals surface area (Å²) in [6.07, 6.45) is 2.60. The fourth-order valence-corrected chi connectivity index (χ4v) is 1.63. The van der Waals surface area contributed by atoms with Gasteiger partial charge in [0.2, 0.25) is 0 Å². The molecule has 4 heteroatoms. The molecule has 2 aromatic rings. The summed E-state index contributed by atoms with van der Waals surface area (Å²) in [7, 11) is 0. The van der Waals surface area contributed by atoms with Gasteiger partial charge in [-0.25, -0.2) is 0 Å². The van der Waals surface area contributed by atoms with Gasteiger partial charge in [0.1, 0.15) is 12.0 Å². The van der Waals surface area contributed by atoms with Gasteiger partial charge in [0.25, 0.3) is 0 Å². The molecule has 0 radical (unpaired) electrons. The van der Waals surface area contributed by atoms with Crippen molar-refractivity contribution in [2.24, 2.45) is 0 Å². The van der Waals surface area contributed by atoms with Crippen LogP contribution in [0.1, 0.15) is 24.6 Å². The van der Waals surface area contributed by atoms with Gasteiger partial charge in [0.05, 0.1) is 12.3 Å². The van der Waals surface area contributed by atoms with Crippen molar-refractivity contribution < 1.29 is 9.26 Å². The lowest BCUT2D eigenvalue weighted by Gasteiger charge is -2.07. The zero-order valence-electron chi connectivity index (χ0n) is 10.6. The monoisotopic (exact) mass is 246 g/mol. The third kappa shape index (κ3) is 3.89. The molecule has 1 N–H and O–H groups in total. The van der Waals surface area contributed by atoms with Crippen molar-refractivity contribution in [3.05, 3.63) is 47.9 Å². The van der Waals surface area contributed by atoms with Crippen LogP contribution >= 0.6 is 0 Å². The molecule has 0 aliphatic rings. The van der Waals surface area contributed by atoms with E-state index in [1.54, 1.807) is 6.26 Å². The Balaban J connectivity index is 1.81. The summed E-state index contributed by atoms with van der Waals surface area (Å²) >= 11 is 0. The zero-order chi connectivity index (χ0) is 12.6. The quantitative estimate of drug-likeness (QED) is 0.816. The predicted octanol–water partition coefficient (Wildman–Crippen LogP) is 2.75. The summed E-state index contributed by atoms with van der Waals surface area (Å²) in [5, 5.41) is 7.15. The molecule has 2 rings (SSSR count). The number of hydrogen-bond acceptors (Lipinski definition) is 4. The van der Waals surface area contributed by atoms with Crippen molar-refractivity contribution >= 4 is 0 Å². The Labute approximate surface area is 107 Å². The van der Waals surface area contributed by atoms with Crippen LogP contribution in [0.2, 0.25) is 0 Å². The Kier molecular flexibility index (Phi) is 4.78. The van der Waals surface area contributed by atoms with Gasteiger partial charge >= 0.3 is 0 Å². The Morgan fingerprint density at radius 2 is 2.22 bits per heavy atom. The number of rotatable bonds is 7. The van der Waals surface area contributed by atoms with Gasteiger partial charge in [-0.15, -0.1) is 0 Å². The third-order valence-corrected chi connectivity index (χ3v) is 2.50. The van der Waals surface area contributed by atoms with Gasteiger partial charge in [-0.1, -0.05) is 24.2 Å². The smallest absolute Gasteiger partial charge is 0.124 e. The minimum atomic E-state index is 0.705. The van der Waals surface area contributed by atoms with Gasteiger partial charge < -0.3 is 14.6 Å². The Morgan fingerprint density at radius 1 is 1.28 bits per heavy atom. The van der Waals surface area contributed by atoms with E-state index in [4.69, 9.17) is 9.26 Å². The predicted molar refractivity (Wildman–Crippen MR) is 69.3 cm³/mol. The molecule has 1 aromatic carbocycles. The normalized spacial score (nSPS) is 10.5. The molecule has 0 bridgehead atoms. The van der Waals surface area contributed by atoms with Gasteiger partial charge in [-0.05, 0) is 24.1 Å². The van der Waals surface area contributed by atoms with Crippen LogP contribution in [0.5, 0.6) is 5.75 Å². The van der Waals surface area contributed by atoms with Crippen molar-refractivity contribution in [1.82, 2.24) is 10.5 Å². The molecule has 0 aliphatic carbocycles. The maximum atomic E-state index is 5.59. The Hall–Kier alpha value is -1.81. The molecule has 0 saturated heterocycles. The number of aromatic nitrogens is 1. The zero-order valence-corrected chi connectivity index (χ0v) is 10.6. The SMILES string of the molecule is CCCOc1cccc(CNCc2ccon2)c1. The molecule has 1 aromatic heterocycles. The topological polar surface area (TPSA) is 47.3 Å². The maximum Gasteiger partial charge on any atom is 0.124 e. The van der Waals surface area contributed by atoms with Gasteiger partial charge in [0.15, 0.2) is 0 Å². The van der Waals surface area contributed by atoms with Crippen LogP contribution in [-0.2, 0) is 13.1 Å². The highest BCUT2D eigenvalue weighted by Gasteiger charge is 1.98. The molecule has 0 saturated carbocycles. The molecule has 1 heterocycles. The highest BCUT2D eigenvalue weighted by atomic mass is 16.5. The average molecular weight is 246 g/mol. The second-order valence-electron chi connectivity index (χ2n) is 4.09. The summed E-state index contributed by atoms with van der Waals surface area (Å²) in [6.45, 7) is 4.35. The van der Waals surface area contributed by atoms with E-state index in [-0.39, 0.29) is 0 Å². The lowest BCUT2D eigenvalue weighted by Crippen LogP contribution is -2.12. The van der Waals surface area contributed by atoms with Crippen molar-refractivity contribution in [3.8, 4) is 5.75 Å². The molecule has 0 fully saturated rings. The first-order valence-corrected chi connectivity index (χ1v) is 6.20. The molecule has 4 nitrogen and oxygen atoms in total. The first-order valence-electron chi connectivity index (χ1n) is 6.20. The molecule has 0 amide bonds. The van der Waals surface area contributed by atoms with Crippen LogP contribution in [0.25, 0.3) is 0 Å². The van der Waals surface area contributed by atoms with Crippen LogP contribution in [-0.4, -0.2) is 11.8 Å². The molecule has 0 spiro atoms. The summed E-state index contributed by atoms with van der Waals surface area (Å²) in [5.74, 6) is 0.928. The molecule has 96 valence electrons. The number of hydrogen-bond donors (Lipinski definition) is 1. The third-order valence-electron chi connectivity index (χ3n) is 2.50. The Morgan fingerprint density at radius 3 is 3.00 bits per heavy atom. The standard InChI is InChI=1S/C14H18N2O2/c1-2-7-17-14-5-3-4-12(9-14)10-15-11-13-6-8-18-16-13/h3-6,8-9,15H,2,7,10-11H2,1H3. The van der Waals surface area contributed by atoms with E-state index in [0.29, 0.717) is 6.54 Å². The highest BCUT2D eigenvalue weighted by molar-refractivity contribution is 5.28. The lowest BCUT2D eigenvalue weighted by atomic mass is 10.2. The van der Waals surface area contributed by atoms with E-state index in [1.807, 2.05) is 18.2 Å². The minimum absolute atomic E-state index is 0.705. The van der Waals surface area contributed by atoms with E-state index < -0.39 is 0 Å². The number of benzene rings is 1. The average Bonchev–Trinajstić information content (AvgIpc) is 2.90. The molecule has 0 unspecified atom stereocenters.